The van der Waals surface area contributed by atoms with Gasteiger partial charge in [-0.2, -0.15) is 0 Å². The zero-order valence-electron chi connectivity index (χ0n) is 17.7. The van der Waals surface area contributed by atoms with E-state index in [1.807, 2.05) is 0 Å². The summed E-state index contributed by atoms with van der Waals surface area (Å²) < 4.78 is 10.4. The first-order valence-electron chi connectivity index (χ1n) is 10.4. The summed E-state index contributed by atoms with van der Waals surface area (Å²) in [6.07, 6.45) is 0.291. The second-order valence-electron chi connectivity index (χ2n) is 7.57. The molecule has 0 aliphatic carbocycles. The van der Waals surface area contributed by atoms with E-state index in [9.17, 15) is 24.0 Å². The van der Waals surface area contributed by atoms with Crippen LogP contribution in [0.5, 0.6) is 0 Å². The molecule has 0 N–H and O–H groups in total. The second-order valence-corrected chi connectivity index (χ2v) is 7.57. The fourth-order valence-corrected chi connectivity index (χ4v) is 3.77. The van der Waals surface area contributed by atoms with Crippen molar-refractivity contribution < 1.29 is 33.4 Å². The number of carbonyl (C=O) groups excluding carboxylic acids is 5. The largest absolute Gasteiger partial charge is 0.466 e. The number of benzene rings is 1. The Labute approximate surface area is 180 Å². The van der Waals surface area contributed by atoms with Gasteiger partial charge in [0.25, 0.3) is 5.91 Å². The maximum absolute atomic E-state index is 12.7. The lowest BCUT2D eigenvalue weighted by Crippen LogP contribution is -2.45. The molecule has 0 aromatic heterocycles. The van der Waals surface area contributed by atoms with Crippen LogP contribution >= 0.6 is 0 Å². The van der Waals surface area contributed by atoms with Gasteiger partial charge in [-0.25, -0.2) is 4.79 Å². The van der Waals surface area contributed by atoms with Crippen molar-refractivity contribution in [1.82, 2.24) is 4.90 Å². The topological polar surface area (TPSA) is 110 Å². The lowest BCUT2D eigenvalue weighted by atomic mass is 9.97. The van der Waals surface area contributed by atoms with Crippen molar-refractivity contribution in [3.8, 4) is 0 Å². The van der Waals surface area contributed by atoms with E-state index in [0.29, 0.717) is 38.2 Å². The summed E-state index contributed by atoms with van der Waals surface area (Å²) in [5.74, 6) is -2.15. The Bertz CT molecular complexity index is 874. The van der Waals surface area contributed by atoms with Gasteiger partial charge >= 0.3 is 11.9 Å². The third-order valence-electron chi connectivity index (χ3n) is 5.45. The Morgan fingerprint density at radius 1 is 1.10 bits per heavy atom. The minimum atomic E-state index is -1.01. The fourth-order valence-electron chi connectivity index (χ4n) is 3.77. The number of esters is 2. The van der Waals surface area contributed by atoms with Crippen molar-refractivity contribution >= 4 is 35.3 Å². The molecule has 0 bridgehead atoms. The van der Waals surface area contributed by atoms with Crippen LogP contribution < -0.4 is 4.90 Å². The van der Waals surface area contributed by atoms with E-state index >= 15 is 0 Å². The van der Waals surface area contributed by atoms with Crippen LogP contribution in [0.1, 0.15) is 49.9 Å². The summed E-state index contributed by atoms with van der Waals surface area (Å²) >= 11 is 0. The van der Waals surface area contributed by atoms with E-state index in [-0.39, 0.29) is 48.0 Å². The van der Waals surface area contributed by atoms with Gasteiger partial charge in [0, 0.05) is 25.9 Å². The van der Waals surface area contributed by atoms with Gasteiger partial charge in [-0.1, -0.05) is 6.07 Å². The van der Waals surface area contributed by atoms with Gasteiger partial charge in [-0.3, -0.25) is 24.1 Å². The number of anilines is 1. The molecule has 1 unspecified atom stereocenters. The molecule has 31 heavy (non-hydrogen) atoms. The highest BCUT2D eigenvalue weighted by molar-refractivity contribution is 6.20. The molecule has 9 heteroatoms. The molecule has 0 radical (unpaired) electrons. The SMILES string of the molecule is CCOC(=O)C1CCN(C(=O)C(C)OC(=O)c2cccc(N3C(=O)CCC3=O)c2)CC1. The van der Waals surface area contributed by atoms with Crippen LogP contribution in [0.4, 0.5) is 5.69 Å². The monoisotopic (exact) mass is 430 g/mol. The maximum Gasteiger partial charge on any atom is 0.338 e. The molecular weight excluding hydrogens is 404 g/mol. The second kappa shape index (κ2) is 9.72. The standard InChI is InChI=1S/C22H26N2O7/c1-3-30-21(28)15-9-11-23(12-10-15)20(27)14(2)31-22(29)16-5-4-6-17(13-16)24-18(25)7-8-19(24)26/h4-6,13-15H,3,7-12H2,1-2H3. The van der Waals surface area contributed by atoms with Gasteiger partial charge in [-0.15, -0.1) is 0 Å². The molecule has 2 heterocycles. The van der Waals surface area contributed by atoms with Crippen molar-refractivity contribution in [1.29, 1.82) is 0 Å². The Morgan fingerprint density at radius 3 is 2.35 bits per heavy atom. The summed E-state index contributed by atoms with van der Waals surface area (Å²) in [6.45, 7) is 4.35. The van der Waals surface area contributed by atoms with Crippen molar-refractivity contribution in [2.45, 2.75) is 45.6 Å². The molecule has 0 spiro atoms. The van der Waals surface area contributed by atoms with E-state index in [1.54, 1.807) is 24.0 Å². The van der Waals surface area contributed by atoms with Crippen LogP contribution in [0.25, 0.3) is 0 Å². The third-order valence-corrected chi connectivity index (χ3v) is 5.45. The Hall–Kier alpha value is -3.23. The van der Waals surface area contributed by atoms with Gasteiger partial charge in [-0.05, 0) is 44.9 Å². The molecule has 0 saturated carbocycles. The molecule has 9 nitrogen and oxygen atoms in total. The number of hydrogen-bond donors (Lipinski definition) is 0. The first-order chi connectivity index (χ1) is 14.8. The number of likely N-dealkylation sites (tertiary alicyclic amines) is 1. The summed E-state index contributed by atoms with van der Waals surface area (Å²) in [5, 5.41) is 0. The number of hydrogen-bond acceptors (Lipinski definition) is 7. The van der Waals surface area contributed by atoms with Gasteiger partial charge < -0.3 is 14.4 Å². The Morgan fingerprint density at radius 2 is 1.74 bits per heavy atom. The summed E-state index contributed by atoms with van der Waals surface area (Å²) in [5.41, 5.74) is 0.452. The summed E-state index contributed by atoms with van der Waals surface area (Å²) in [4.78, 5) is 63.5. The van der Waals surface area contributed by atoms with E-state index in [2.05, 4.69) is 0 Å². The average Bonchev–Trinajstić information content (AvgIpc) is 3.11. The number of rotatable bonds is 6. The van der Waals surface area contributed by atoms with Crippen LogP contribution in [-0.2, 0) is 28.7 Å². The molecule has 1 aromatic carbocycles. The van der Waals surface area contributed by atoms with Gasteiger partial charge in [0.2, 0.25) is 11.8 Å². The first-order valence-corrected chi connectivity index (χ1v) is 10.4. The zero-order valence-corrected chi connectivity index (χ0v) is 17.7. The van der Waals surface area contributed by atoms with Crippen molar-refractivity contribution in [3.05, 3.63) is 29.8 Å². The number of imide groups is 1. The molecule has 2 saturated heterocycles. The lowest BCUT2D eigenvalue weighted by molar-refractivity contribution is -0.152. The number of nitrogens with zero attached hydrogens (tertiary/aromatic N) is 2. The van der Waals surface area contributed by atoms with Gasteiger partial charge in [0.1, 0.15) is 0 Å². The number of amides is 3. The Kier molecular flexibility index (Phi) is 7.04. The Balaban J connectivity index is 1.58. The van der Waals surface area contributed by atoms with E-state index in [4.69, 9.17) is 9.47 Å². The van der Waals surface area contributed by atoms with Gasteiger partial charge in [0.15, 0.2) is 6.10 Å². The molecule has 2 aliphatic rings. The minimum Gasteiger partial charge on any atom is -0.466 e. The molecular formula is C22H26N2O7. The molecule has 2 aliphatic heterocycles. The number of ether oxygens (including phenoxy) is 2. The number of carbonyl (C=O) groups is 5. The third kappa shape index (κ3) is 5.10. The van der Waals surface area contributed by atoms with Crippen molar-refractivity contribution in [2.75, 3.05) is 24.6 Å². The van der Waals surface area contributed by atoms with Gasteiger partial charge in [0.05, 0.1) is 23.8 Å². The van der Waals surface area contributed by atoms with Crippen LogP contribution in [0.2, 0.25) is 0 Å². The molecule has 1 aromatic rings. The minimum absolute atomic E-state index is 0.144. The number of piperidine rings is 1. The molecule has 2 fully saturated rings. The van der Waals surface area contributed by atoms with Crippen LogP contribution in [0, 0.1) is 5.92 Å². The predicted octanol–water partition coefficient (Wildman–Crippen LogP) is 1.69. The molecule has 166 valence electrons. The average molecular weight is 430 g/mol. The highest BCUT2D eigenvalue weighted by Crippen LogP contribution is 2.24. The van der Waals surface area contributed by atoms with Crippen LogP contribution in [0.3, 0.4) is 0 Å². The van der Waals surface area contributed by atoms with Crippen molar-refractivity contribution in [2.24, 2.45) is 5.92 Å². The smallest absolute Gasteiger partial charge is 0.338 e. The van der Waals surface area contributed by atoms with E-state index in [0.717, 1.165) is 4.90 Å². The van der Waals surface area contributed by atoms with Crippen LogP contribution in [-0.4, -0.2) is 60.4 Å². The summed E-state index contributed by atoms with van der Waals surface area (Å²) in [6, 6.07) is 6.03. The van der Waals surface area contributed by atoms with Crippen molar-refractivity contribution in [3.63, 3.8) is 0 Å². The lowest BCUT2D eigenvalue weighted by Gasteiger charge is -2.32. The zero-order chi connectivity index (χ0) is 22.5. The molecule has 1 atom stereocenters. The molecule has 3 amide bonds. The summed E-state index contributed by atoms with van der Waals surface area (Å²) in [7, 11) is 0. The maximum atomic E-state index is 12.7. The fraction of sp³-hybridized carbons (Fsp3) is 0.500. The highest BCUT2D eigenvalue weighted by Gasteiger charge is 2.33. The normalized spacial score (nSPS) is 18.1. The quantitative estimate of drug-likeness (QED) is 0.499. The van der Waals surface area contributed by atoms with E-state index in [1.165, 1.54) is 19.1 Å². The van der Waals surface area contributed by atoms with Crippen LogP contribution in [0.15, 0.2) is 24.3 Å². The molecule has 3 rings (SSSR count). The van der Waals surface area contributed by atoms with E-state index < -0.39 is 12.1 Å². The first kappa shape index (κ1) is 22.5. The predicted molar refractivity (Wildman–Crippen MR) is 109 cm³/mol. The highest BCUT2D eigenvalue weighted by atomic mass is 16.5.